The van der Waals surface area contributed by atoms with E-state index in [-0.39, 0.29) is 11.8 Å². The topological polar surface area (TPSA) is 40.6 Å². The fourth-order valence-electron chi connectivity index (χ4n) is 4.03. The van der Waals surface area contributed by atoms with Crippen LogP contribution < -0.4 is 0 Å². The van der Waals surface area contributed by atoms with Gasteiger partial charge >= 0.3 is 0 Å². The highest BCUT2D eigenvalue weighted by Gasteiger charge is 2.24. The molecule has 1 saturated heterocycles. The Kier molecular flexibility index (Phi) is 4.97. The summed E-state index contributed by atoms with van der Waals surface area (Å²) in [6, 6.07) is 15.5. The maximum Gasteiger partial charge on any atom is 0.254 e. The number of carbonyl (C=O) groups is 2. The molecule has 4 heteroatoms. The zero-order chi connectivity index (χ0) is 18.8. The van der Waals surface area contributed by atoms with Gasteiger partial charge in [0.2, 0.25) is 0 Å². The van der Waals surface area contributed by atoms with Gasteiger partial charge in [0.15, 0.2) is 0 Å². The van der Waals surface area contributed by atoms with E-state index >= 15 is 0 Å². The zero-order valence-corrected chi connectivity index (χ0v) is 15.9. The van der Waals surface area contributed by atoms with Crippen molar-refractivity contribution in [2.75, 3.05) is 19.6 Å². The van der Waals surface area contributed by atoms with Gasteiger partial charge in [0.1, 0.15) is 0 Å². The number of nitrogens with zero attached hydrogens (tertiary/aromatic N) is 2. The van der Waals surface area contributed by atoms with Crippen molar-refractivity contribution >= 4 is 11.8 Å². The third kappa shape index (κ3) is 3.75. The SMILES string of the molecule is CC1CCN(C(=O)c2cccc(C(=O)N3CCc4ccccc4C3)c2)CC1. The number of benzene rings is 2. The third-order valence-electron chi connectivity index (χ3n) is 5.85. The van der Waals surface area contributed by atoms with Crippen LogP contribution >= 0.6 is 0 Å². The van der Waals surface area contributed by atoms with Crippen LogP contribution in [-0.2, 0) is 13.0 Å². The molecule has 0 aliphatic carbocycles. The average Bonchev–Trinajstić information content (AvgIpc) is 2.73. The first-order chi connectivity index (χ1) is 13.1. The number of amides is 2. The molecule has 4 nitrogen and oxygen atoms in total. The number of carbonyl (C=O) groups excluding carboxylic acids is 2. The van der Waals surface area contributed by atoms with Gasteiger partial charge in [0.05, 0.1) is 0 Å². The lowest BCUT2D eigenvalue weighted by Gasteiger charge is -2.31. The third-order valence-corrected chi connectivity index (χ3v) is 5.85. The summed E-state index contributed by atoms with van der Waals surface area (Å²) in [4.78, 5) is 29.6. The number of hydrogen-bond acceptors (Lipinski definition) is 2. The second kappa shape index (κ2) is 7.55. The van der Waals surface area contributed by atoms with E-state index in [1.807, 2.05) is 40.1 Å². The minimum atomic E-state index is 0.00594. The minimum absolute atomic E-state index is 0.00594. The van der Waals surface area contributed by atoms with Crippen LogP contribution in [0.2, 0.25) is 0 Å². The van der Waals surface area contributed by atoms with Crippen molar-refractivity contribution in [1.82, 2.24) is 9.80 Å². The second-order valence-corrected chi connectivity index (χ2v) is 7.80. The molecule has 0 saturated carbocycles. The summed E-state index contributed by atoms with van der Waals surface area (Å²) in [5.74, 6) is 0.732. The molecule has 2 heterocycles. The van der Waals surface area contributed by atoms with Crippen molar-refractivity contribution in [3.63, 3.8) is 0 Å². The fourth-order valence-corrected chi connectivity index (χ4v) is 4.03. The van der Waals surface area contributed by atoms with Crippen molar-refractivity contribution in [2.45, 2.75) is 32.7 Å². The molecule has 2 aliphatic heterocycles. The average molecular weight is 362 g/mol. The molecule has 0 aromatic heterocycles. The van der Waals surface area contributed by atoms with E-state index in [1.165, 1.54) is 11.1 Å². The van der Waals surface area contributed by atoms with Crippen LogP contribution in [0.5, 0.6) is 0 Å². The Balaban J connectivity index is 1.49. The van der Waals surface area contributed by atoms with Crippen molar-refractivity contribution in [3.8, 4) is 0 Å². The molecule has 2 aromatic rings. The molecule has 0 atom stereocenters. The van der Waals surface area contributed by atoms with Gasteiger partial charge in [-0.25, -0.2) is 0 Å². The second-order valence-electron chi connectivity index (χ2n) is 7.80. The van der Waals surface area contributed by atoms with Crippen molar-refractivity contribution in [3.05, 3.63) is 70.8 Å². The van der Waals surface area contributed by atoms with Gasteiger partial charge in [-0.1, -0.05) is 37.3 Å². The maximum atomic E-state index is 13.0. The normalized spacial score (nSPS) is 17.5. The molecule has 2 amide bonds. The Morgan fingerprint density at radius 2 is 1.44 bits per heavy atom. The van der Waals surface area contributed by atoms with Gasteiger partial charge in [-0.2, -0.15) is 0 Å². The van der Waals surface area contributed by atoms with E-state index in [9.17, 15) is 9.59 Å². The van der Waals surface area contributed by atoms with Crippen molar-refractivity contribution < 1.29 is 9.59 Å². The van der Waals surface area contributed by atoms with Crippen LogP contribution in [0.3, 0.4) is 0 Å². The summed E-state index contributed by atoms with van der Waals surface area (Å²) in [6.45, 7) is 5.20. The molecule has 27 heavy (non-hydrogen) atoms. The van der Waals surface area contributed by atoms with Crippen LogP contribution in [0.1, 0.15) is 51.6 Å². The first-order valence-electron chi connectivity index (χ1n) is 9.87. The lowest BCUT2D eigenvalue weighted by Crippen LogP contribution is -2.38. The molecule has 0 unspecified atom stereocenters. The van der Waals surface area contributed by atoms with Crippen molar-refractivity contribution in [1.29, 1.82) is 0 Å². The van der Waals surface area contributed by atoms with Gasteiger partial charge < -0.3 is 9.80 Å². The number of fused-ring (bicyclic) bond motifs is 1. The number of hydrogen-bond donors (Lipinski definition) is 0. The molecular weight excluding hydrogens is 336 g/mol. The van der Waals surface area contributed by atoms with Crippen LogP contribution in [0, 0.1) is 5.92 Å². The number of likely N-dealkylation sites (tertiary alicyclic amines) is 1. The summed E-state index contributed by atoms with van der Waals surface area (Å²) in [6.07, 6.45) is 2.99. The van der Waals surface area contributed by atoms with E-state index in [0.717, 1.165) is 38.9 Å². The smallest absolute Gasteiger partial charge is 0.254 e. The molecule has 2 aliphatic rings. The van der Waals surface area contributed by atoms with Crippen LogP contribution in [0.25, 0.3) is 0 Å². The lowest BCUT2D eigenvalue weighted by atomic mass is 9.98. The Labute approximate surface area is 160 Å². The first kappa shape index (κ1) is 17.8. The van der Waals surface area contributed by atoms with Crippen LogP contribution in [0.15, 0.2) is 48.5 Å². The van der Waals surface area contributed by atoms with Crippen molar-refractivity contribution in [2.24, 2.45) is 5.92 Å². The predicted octanol–water partition coefficient (Wildman–Crippen LogP) is 3.76. The van der Waals surface area contributed by atoms with E-state index in [2.05, 4.69) is 19.1 Å². The molecule has 0 N–H and O–H groups in total. The van der Waals surface area contributed by atoms with Gasteiger partial charge in [0.25, 0.3) is 11.8 Å². The summed E-state index contributed by atoms with van der Waals surface area (Å²) in [7, 11) is 0. The number of rotatable bonds is 2. The summed E-state index contributed by atoms with van der Waals surface area (Å²) in [5, 5.41) is 0. The van der Waals surface area contributed by atoms with E-state index in [4.69, 9.17) is 0 Å². The highest BCUT2D eigenvalue weighted by Crippen LogP contribution is 2.22. The van der Waals surface area contributed by atoms with E-state index < -0.39 is 0 Å². The zero-order valence-electron chi connectivity index (χ0n) is 15.9. The van der Waals surface area contributed by atoms with Crippen LogP contribution in [0.4, 0.5) is 0 Å². The Morgan fingerprint density at radius 3 is 2.15 bits per heavy atom. The fraction of sp³-hybridized carbons (Fsp3) is 0.391. The number of piperidine rings is 1. The Morgan fingerprint density at radius 1 is 0.815 bits per heavy atom. The summed E-state index contributed by atoms with van der Waals surface area (Å²) < 4.78 is 0. The Hall–Kier alpha value is -2.62. The monoisotopic (exact) mass is 362 g/mol. The molecular formula is C23H26N2O2. The molecule has 2 aromatic carbocycles. The summed E-state index contributed by atoms with van der Waals surface area (Å²) in [5.41, 5.74) is 3.76. The largest absolute Gasteiger partial charge is 0.339 e. The Bertz CT molecular complexity index is 853. The quantitative estimate of drug-likeness (QED) is 0.816. The lowest BCUT2D eigenvalue weighted by molar-refractivity contribution is 0.0697. The standard InChI is InChI=1S/C23H26N2O2/c1-17-9-12-24(13-10-17)22(26)19-7-4-8-20(15-19)23(27)25-14-11-18-5-2-3-6-21(18)16-25/h2-8,15,17H,9-14,16H2,1H3. The minimum Gasteiger partial charge on any atom is -0.339 e. The highest BCUT2D eigenvalue weighted by atomic mass is 16.2. The summed E-state index contributed by atoms with van der Waals surface area (Å²) >= 11 is 0. The van der Waals surface area contributed by atoms with Crippen LogP contribution in [-0.4, -0.2) is 41.2 Å². The molecule has 140 valence electrons. The van der Waals surface area contributed by atoms with Gasteiger partial charge in [-0.3, -0.25) is 9.59 Å². The predicted molar refractivity (Wildman–Crippen MR) is 106 cm³/mol. The van der Waals surface area contributed by atoms with Gasteiger partial charge in [0, 0.05) is 37.3 Å². The van der Waals surface area contributed by atoms with E-state index in [1.54, 1.807) is 6.07 Å². The molecule has 0 radical (unpaired) electrons. The van der Waals surface area contributed by atoms with E-state index in [0.29, 0.717) is 23.6 Å². The maximum absolute atomic E-state index is 13.0. The van der Waals surface area contributed by atoms with Gasteiger partial charge in [-0.05, 0) is 54.5 Å². The molecule has 0 spiro atoms. The molecule has 4 rings (SSSR count). The first-order valence-corrected chi connectivity index (χ1v) is 9.87. The molecule has 1 fully saturated rings. The molecule has 0 bridgehead atoms. The highest BCUT2D eigenvalue weighted by molar-refractivity contribution is 5.99. The van der Waals surface area contributed by atoms with Gasteiger partial charge in [-0.15, -0.1) is 0 Å².